The van der Waals surface area contributed by atoms with Crippen molar-refractivity contribution in [2.75, 3.05) is 45.1 Å². The summed E-state index contributed by atoms with van der Waals surface area (Å²) in [7, 11) is 4.85. The molecule has 0 bridgehead atoms. The Bertz CT molecular complexity index is 701. The Morgan fingerprint density at radius 3 is 2.27 bits per heavy atom. The molecule has 6 heteroatoms. The number of anilines is 2. The topological polar surface area (TPSA) is 68.8 Å². The van der Waals surface area contributed by atoms with Crippen molar-refractivity contribution in [3.8, 4) is 11.5 Å². The number of ether oxygens (including phenoxy) is 3. The zero-order valence-corrected chi connectivity index (χ0v) is 15.5. The largest absolute Gasteiger partial charge is 0.493 e. The van der Waals surface area contributed by atoms with E-state index in [4.69, 9.17) is 14.2 Å². The third kappa shape index (κ3) is 5.97. The van der Waals surface area contributed by atoms with Crippen LogP contribution in [0.2, 0.25) is 0 Å². The molecular formula is C20H26N2O4. The van der Waals surface area contributed by atoms with Crippen LogP contribution in [0, 0.1) is 0 Å². The third-order valence-corrected chi connectivity index (χ3v) is 3.84. The van der Waals surface area contributed by atoms with Crippen LogP contribution in [0.15, 0.2) is 42.5 Å². The fraction of sp³-hybridized carbons (Fsp3) is 0.350. The van der Waals surface area contributed by atoms with E-state index in [1.54, 1.807) is 27.4 Å². The molecule has 0 heterocycles. The Hall–Kier alpha value is -2.73. The lowest BCUT2D eigenvalue weighted by Gasteiger charge is -2.10. The second kappa shape index (κ2) is 10.3. The lowest BCUT2D eigenvalue weighted by atomic mass is 10.1. The maximum absolute atomic E-state index is 12.3. The summed E-state index contributed by atoms with van der Waals surface area (Å²) in [4.78, 5) is 12.3. The highest BCUT2D eigenvalue weighted by atomic mass is 16.5. The van der Waals surface area contributed by atoms with Gasteiger partial charge in [-0.2, -0.15) is 0 Å². The normalized spacial score (nSPS) is 10.3. The lowest BCUT2D eigenvalue weighted by Crippen LogP contribution is -2.14. The smallest absolute Gasteiger partial charge is 0.228 e. The van der Waals surface area contributed by atoms with Gasteiger partial charge in [0.05, 0.1) is 20.6 Å². The van der Waals surface area contributed by atoms with Crippen molar-refractivity contribution in [2.24, 2.45) is 0 Å². The number of benzene rings is 2. The summed E-state index contributed by atoms with van der Waals surface area (Å²) in [5.74, 6) is 1.17. The monoisotopic (exact) mass is 358 g/mol. The molecule has 0 unspecified atom stereocenters. The van der Waals surface area contributed by atoms with E-state index >= 15 is 0 Å². The van der Waals surface area contributed by atoms with Crippen LogP contribution in [-0.2, 0) is 16.0 Å². The van der Waals surface area contributed by atoms with Gasteiger partial charge in [0.2, 0.25) is 5.91 Å². The predicted octanol–water partition coefficient (Wildman–Crippen LogP) is 3.33. The Kier molecular flexibility index (Phi) is 7.76. The highest BCUT2D eigenvalue weighted by Gasteiger charge is 2.08. The number of amides is 1. The van der Waals surface area contributed by atoms with Crippen LogP contribution in [0.25, 0.3) is 0 Å². The van der Waals surface area contributed by atoms with Gasteiger partial charge in [0.1, 0.15) is 0 Å². The summed E-state index contributed by atoms with van der Waals surface area (Å²) in [5.41, 5.74) is 2.63. The zero-order chi connectivity index (χ0) is 18.8. The summed E-state index contributed by atoms with van der Waals surface area (Å²) in [6, 6.07) is 13.1. The molecule has 0 aromatic heterocycles. The van der Waals surface area contributed by atoms with Gasteiger partial charge in [-0.15, -0.1) is 0 Å². The number of carbonyl (C=O) groups excluding carboxylic acids is 1. The second-order valence-electron chi connectivity index (χ2n) is 5.76. The number of rotatable bonds is 10. The fourth-order valence-corrected chi connectivity index (χ4v) is 2.50. The van der Waals surface area contributed by atoms with Gasteiger partial charge in [-0.1, -0.05) is 6.07 Å². The number of methoxy groups -OCH3 is 3. The Morgan fingerprint density at radius 2 is 1.62 bits per heavy atom. The van der Waals surface area contributed by atoms with Crippen molar-refractivity contribution in [1.29, 1.82) is 0 Å². The molecule has 2 rings (SSSR count). The first-order chi connectivity index (χ1) is 12.7. The molecule has 0 radical (unpaired) electrons. The molecule has 2 aromatic carbocycles. The third-order valence-electron chi connectivity index (χ3n) is 3.84. The van der Waals surface area contributed by atoms with Crippen LogP contribution < -0.4 is 20.1 Å². The SMILES string of the molecule is COCCCNc1ccc(NC(=O)Cc2ccc(OC)c(OC)c2)cc1. The fourth-order valence-electron chi connectivity index (χ4n) is 2.50. The number of carbonyl (C=O) groups is 1. The van der Waals surface area contributed by atoms with Crippen molar-refractivity contribution in [1.82, 2.24) is 0 Å². The number of nitrogens with one attached hydrogen (secondary N) is 2. The molecule has 2 aromatic rings. The quantitative estimate of drug-likeness (QED) is 0.638. The first-order valence-corrected chi connectivity index (χ1v) is 8.50. The molecule has 1 amide bonds. The van der Waals surface area contributed by atoms with E-state index in [1.807, 2.05) is 36.4 Å². The molecule has 0 atom stereocenters. The standard InChI is InChI=1S/C20H26N2O4/c1-24-12-4-11-21-16-6-8-17(9-7-16)22-20(23)14-15-5-10-18(25-2)19(13-15)26-3/h5-10,13,21H,4,11-12,14H2,1-3H3,(H,22,23). The van der Waals surface area contributed by atoms with E-state index in [0.29, 0.717) is 11.5 Å². The van der Waals surface area contributed by atoms with E-state index in [1.165, 1.54) is 0 Å². The Labute approximate surface area is 154 Å². The highest BCUT2D eigenvalue weighted by Crippen LogP contribution is 2.27. The summed E-state index contributed by atoms with van der Waals surface area (Å²) < 4.78 is 15.5. The van der Waals surface area contributed by atoms with Gasteiger partial charge < -0.3 is 24.8 Å². The first kappa shape index (κ1) is 19.6. The van der Waals surface area contributed by atoms with Crippen LogP contribution in [0.3, 0.4) is 0 Å². The van der Waals surface area contributed by atoms with Crippen LogP contribution >= 0.6 is 0 Å². The van der Waals surface area contributed by atoms with Crippen molar-refractivity contribution in [2.45, 2.75) is 12.8 Å². The molecule has 0 aliphatic heterocycles. The van der Waals surface area contributed by atoms with E-state index in [-0.39, 0.29) is 12.3 Å². The van der Waals surface area contributed by atoms with E-state index in [2.05, 4.69) is 10.6 Å². The minimum Gasteiger partial charge on any atom is -0.493 e. The maximum atomic E-state index is 12.3. The van der Waals surface area contributed by atoms with Crippen molar-refractivity contribution < 1.29 is 19.0 Å². The van der Waals surface area contributed by atoms with E-state index in [9.17, 15) is 4.79 Å². The summed E-state index contributed by atoms with van der Waals surface area (Å²) >= 11 is 0. The zero-order valence-electron chi connectivity index (χ0n) is 15.5. The molecule has 0 spiro atoms. The number of hydrogen-bond donors (Lipinski definition) is 2. The molecule has 0 aliphatic carbocycles. The average Bonchev–Trinajstić information content (AvgIpc) is 2.66. The van der Waals surface area contributed by atoms with Gasteiger partial charge in [-0.05, 0) is 48.4 Å². The van der Waals surface area contributed by atoms with Crippen molar-refractivity contribution in [3.63, 3.8) is 0 Å². The lowest BCUT2D eigenvalue weighted by molar-refractivity contribution is -0.115. The molecule has 6 nitrogen and oxygen atoms in total. The van der Waals surface area contributed by atoms with Gasteiger partial charge in [0.15, 0.2) is 11.5 Å². The highest BCUT2D eigenvalue weighted by molar-refractivity contribution is 5.92. The van der Waals surface area contributed by atoms with Gasteiger partial charge in [-0.3, -0.25) is 4.79 Å². The van der Waals surface area contributed by atoms with Crippen LogP contribution in [0.5, 0.6) is 11.5 Å². The minimum absolute atomic E-state index is 0.0852. The van der Waals surface area contributed by atoms with E-state index in [0.717, 1.165) is 36.5 Å². The van der Waals surface area contributed by atoms with Gasteiger partial charge in [0.25, 0.3) is 0 Å². The van der Waals surface area contributed by atoms with Crippen molar-refractivity contribution in [3.05, 3.63) is 48.0 Å². The molecule has 0 saturated carbocycles. The molecule has 26 heavy (non-hydrogen) atoms. The van der Waals surface area contributed by atoms with Crippen molar-refractivity contribution >= 4 is 17.3 Å². The molecular weight excluding hydrogens is 332 g/mol. The van der Waals surface area contributed by atoms with Crippen LogP contribution in [-0.4, -0.2) is 40.4 Å². The average molecular weight is 358 g/mol. The molecule has 0 fully saturated rings. The summed E-state index contributed by atoms with van der Waals surface area (Å²) in [5, 5.41) is 6.21. The Balaban J connectivity index is 1.87. The summed E-state index contributed by atoms with van der Waals surface area (Å²) in [6.07, 6.45) is 1.21. The predicted molar refractivity (Wildman–Crippen MR) is 103 cm³/mol. The van der Waals surface area contributed by atoms with Crippen LogP contribution in [0.4, 0.5) is 11.4 Å². The summed E-state index contributed by atoms with van der Waals surface area (Å²) in [6.45, 7) is 1.58. The number of hydrogen-bond acceptors (Lipinski definition) is 5. The molecule has 140 valence electrons. The van der Waals surface area contributed by atoms with Crippen LogP contribution in [0.1, 0.15) is 12.0 Å². The molecule has 2 N–H and O–H groups in total. The maximum Gasteiger partial charge on any atom is 0.228 e. The Morgan fingerprint density at radius 1 is 0.923 bits per heavy atom. The first-order valence-electron chi connectivity index (χ1n) is 8.50. The molecule has 0 aliphatic rings. The second-order valence-corrected chi connectivity index (χ2v) is 5.76. The minimum atomic E-state index is -0.0852. The van der Waals surface area contributed by atoms with Gasteiger partial charge in [0, 0.05) is 31.6 Å². The molecule has 0 saturated heterocycles. The van der Waals surface area contributed by atoms with Gasteiger partial charge >= 0.3 is 0 Å². The van der Waals surface area contributed by atoms with Gasteiger partial charge in [-0.25, -0.2) is 0 Å². The van der Waals surface area contributed by atoms with E-state index < -0.39 is 0 Å².